The summed E-state index contributed by atoms with van der Waals surface area (Å²) in [6.45, 7) is 4.88. The summed E-state index contributed by atoms with van der Waals surface area (Å²) in [5.74, 6) is 0.424. The van der Waals surface area contributed by atoms with Crippen LogP contribution in [0.4, 0.5) is 0 Å². The molecule has 1 fully saturated rings. The van der Waals surface area contributed by atoms with Crippen LogP contribution in [0.15, 0.2) is 48.5 Å². The lowest BCUT2D eigenvalue weighted by molar-refractivity contribution is -0.123. The smallest absolute Gasteiger partial charge is 0.234 e. The van der Waals surface area contributed by atoms with E-state index in [0.29, 0.717) is 12.3 Å². The molecule has 1 atom stereocenters. The summed E-state index contributed by atoms with van der Waals surface area (Å²) in [5, 5.41) is 12.9. The van der Waals surface area contributed by atoms with Crippen LogP contribution >= 0.6 is 0 Å². The van der Waals surface area contributed by atoms with Gasteiger partial charge in [0.05, 0.1) is 6.54 Å². The van der Waals surface area contributed by atoms with Crippen LogP contribution < -0.4 is 5.32 Å². The molecule has 2 N–H and O–H groups in total. The van der Waals surface area contributed by atoms with Gasteiger partial charge in [-0.25, -0.2) is 0 Å². The van der Waals surface area contributed by atoms with E-state index in [1.165, 1.54) is 11.1 Å². The van der Waals surface area contributed by atoms with Crippen molar-refractivity contribution in [2.45, 2.75) is 38.5 Å². The van der Waals surface area contributed by atoms with Gasteiger partial charge < -0.3 is 10.4 Å². The number of carbonyl (C=O) groups excluding carboxylic acids is 1. The molecule has 0 saturated carbocycles. The van der Waals surface area contributed by atoms with Crippen molar-refractivity contribution in [3.63, 3.8) is 0 Å². The number of nitrogens with one attached hydrogen (secondary N) is 1. The number of hydrogen-bond donors (Lipinski definition) is 2. The molecular formula is C22H27N3O2. The molecule has 5 heteroatoms. The van der Waals surface area contributed by atoms with E-state index >= 15 is 0 Å². The van der Waals surface area contributed by atoms with Crippen LogP contribution in [0.5, 0.6) is 5.75 Å². The Balaban J connectivity index is 1.26. The molecule has 0 bridgehead atoms. The number of likely N-dealkylation sites (tertiary alicyclic amines) is 1. The molecule has 27 heavy (non-hydrogen) atoms. The standard InChI is InChI=1S/C22H27N3O2/c26-21-9-3-5-17(11-21)12-24-10-4-8-20(15-24)23-22(27)16-25-13-18-6-1-2-7-19(18)14-25/h1-3,5-7,9,11,20,26H,4,8,10,12-16H2,(H,23,27). The van der Waals surface area contributed by atoms with E-state index in [2.05, 4.69) is 39.4 Å². The molecule has 4 rings (SSSR count). The van der Waals surface area contributed by atoms with E-state index in [0.717, 1.165) is 51.1 Å². The van der Waals surface area contributed by atoms with Crippen LogP contribution in [0.25, 0.3) is 0 Å². The second kappa shape index (κ2) is 8.11. The third-order valence-corrected chi connectivity index (χ3v) is 5.46. The number of piperidine rings is 1. The molecule has 2 aromatic carbocycles. The fourth-order valence-corrected chi connectivity index (χ4v) is 4.22. The van der Waals surface area contributed by atoms with E-state index < -0.39 is 0 Å². The van der Waals surface area contributed by atoms with E-state index in [1.807, 2.05) is 18.2 Å². The molecule has 2 aliphatic heterocycles. The van der Waals surface area contributed by atoms with Gasteiger partial charge in [-0.15, -0.1) is 0 Å². The van der Waals surface area contributed by atoms with Gasteiger partial charge in [0, 0.05) is 32.2 Å². The Labute approximate surface area is 160 Å². The molecule has 1 unspecified atom stereocenters. The zero-order chi connectivity index (χ0) is 18.6. The summed E-state index contributed by atoms with van der Waals surface area (Å²) < 4.78 is 0. The van der Waals surface area contributed by atoms with Crippen LogP contribution in [-0.2, 0) is 24.4 Å². The number of phenolic OH excluding ortho intramolecular Hbond substituents is 1. The number of nitrogens with zero attached hydrogens (tertiary/aromatic N) is 2. The molecule has 2 aliphatic rings. The third-order valence-electron chi connectivity index (χ3n) is 5.46. The predicted octanol–water partition coefficient (Wildman–Crippen LogP) is 2.49. The number of phenols is 1. The second-order valence-electron chi connectivity index (χ2n) is 7.73. The number of amides is 1. The maximum Gasteiger partial charge on any atom is 0.234 e. The molecule has 1 saturated heterocycles. The number of carbonyl (C=O) groups is 1. The predicted molar refractivity (Wildman–Crippen MR) is 105 cm³/mol. The Morgan fingerprint density at radius 1 is 1.07 bits per heavy atom. The Hall–Kier alpha value is -2.37. The highest BCUT2D eigenvalue weighted by Crippen LogP contribution is 2.22. The van der Waals surface area contributed by atoms with Gasteiger partial charge in [0.15, 0.2) is 0 Å². The molecule has 142 valence electrons. The van der Waals surface area contributed by atoms with Gasteiger partial charge in [0.1, 0.15) is 5.75 Å². The number of benzene rings is 2. The Morgan fingerprint density at radius 2 is 1.85 bits per heavy atom. The topological polar surface area (TPSA) is 55.8 Å². The summed E-state index contributed by atoms with van der Waals surface area (Å²) in [4.78, 5) is 17.1. The zero-order valence-corrected chi connectivity index (χ0v) is 15.6. The number of hydrogen-bond acceptors (Lipinski definition) is 4. The lowest BCUT2D eigenvalue weighted by Crippen LogP contribution is -2.49. The minimum absolute atomic E-state index is 0.118. The largest absolute Gasteiger partial charge is 0.508 e. The molecule has 2 aromatic rings. The molecule has 2 heterocycles. The highest BCUT2D eigenvalue weighted by molar-refractivity contribution is 5.78. The van der Waals surface area contributed by atoms with Crippen LogP contribution in [0.1, 0.15) is 29.5 Å². The average Bonchev–Trinajstić information content (AvgIpc) is 3.04. The van der Waals surface area contributed by atoms with E-state index in [-0.39, 0.29) is 11.9 Å². The van der Waals surface area contributed by atoms with Gasteiger partial charge in [-0.05, 0) is 48.2 Å². The monoisotopic (exact) mass is 365 g/mol. The Kier molecular flexibility index (Phi) is 5.41. The first kappa shape index (κ1) is 18.0. The second-order valence-corrected chi connectivity index (χ2v) is 7.73. The first-order valence-corrected chi connectivity index (χ1v) is 9.74. The fraction of sp³-hybridized carbons (Fsp3) is 0.409. The summed E-state index contributed by atoms with van der Waals surface area (Å²) in [6.07, 6.45) is 2.11. The van der Waals surface area contributed by atoms with Gasteiger partial charge in [0.2, 0.25) is 5.91 Å². The fourth-order valence-electron chi connectivity index (χ4n) is 4.22. The zero-order valence-electron chi connectivity index (χ0n) is 15.6. The minimum atomic E-state index is 0.118. The number of rotatable bonds is 5. The minimum Gasteiger partial charge on any atom is -0.508 e. The van der Waals surface area contributed by atoms with Crippen molar-refractivity contribution in [3.05, 3.63) is 65.2 Å². The van der Waals surface area contributed by atoms with Crippen molar-refractivity contribution in [2.75, 3.05) is 19.6 Å². The Bertz CT molecular complexity index is 783. The van der Waals surface area contributed by atoms with Crippen molar-refractivity contribution >= 4 is 5.91 Å². The van der Waals surface area contributed by atoms with Crippen molar-refractivity contribution in [1.82, 2.24) is 15.1 Å². The number of aromatic hydroxyl groups is 1. The third kappa shape index (κ3) is 4.67. The Morgan fingerprint density at radius 3 is 2.59 bits per heavy atom. The van der Waals surface area contributed by atoms with Gasteiger partial charge in [-0.3, -0.25) is 14.6 Å². The quantitative estimate of drug-likeness (QED) is 0.855. The van der Waals surface area contributed by atoms with Gasteiger partial charge in [0.25, 0.3) is 0 Å². The molecule has 0 radical (unpaired) electrons. The summed E-state index contributed by atoms with van der Waals surface area (Å²) in [6, 6.07) is 16.0. The number of fused-ring (bicyclic) bond motifs is 1. The van der Waals surface area contributed by atoms with Crippen LogP contribution in [0.2, 0.25) is 0 Å². The normalized spacial score (nSPS) is 20.4. The van der Waals surface area contributed by atoms with Gasteiger partial charge in [-0.1, -0.05) is 36.4 Å². The van der Waals surface area contributed by atoms with E-state index in [4.69, 9.17) is 0 Å². The van der Waals surface area contributed by atoms with Crippen LogP contribution in [0, 0.1) is 0 Å². The lowest BCUT2D eigenvalue weighted by Gasteiger charge is -2.33. The van der Waals surface area contributed by atoms with Crippen molar-refractivity contribution in [2.24, 2.45) is 0 Å². The molecular weight excluding hydrogens is 338 g/mol. The highest BCUT2D eigenvalue weighted by atomic mass is 16.3. The van der Waals surface area contributed by atoms with Crippen LogP contribution in [0.3, 0.4) is 0 Å². The first-order valence-electron chi connectivity index (χ1n) is 9.74. The van der Waals surface area contributed by atoms with E-state index in [1.54, 1.807) is 6.07 Å². The molecule has 5 nitrogen and oxygen atoms in total. The molecule has 0 spiro atoms. The van der Waals surface area contributed by atoms with Gasteiger partial charge >= 0.3 is 0 Å². The summed E-state index contributed by atoms with van der Waals surface area (Å²) in [5.41, 5.74) is 3.78. The first-order chi connectivity index (χ1) is 13.2. The highest BCUT2D eigenvalue weighted by Gasteiger charge is 2.24. The maximum absolute atomic E-state index is 12.5. The molecule has 1 amide bonds. The molecule has 0 aromatic heterocycles. The summed E-state index contributed by atoms with van der Waals surface area (Å²) >= 11 is 0. The SMILES string of the molecule is O=C(CN1Cc2ccccc2C1)NC1CCCN(Cc2cccc(O)c2)C1. The maximum atomic E-state index is 12.5. The summed E-state index contributed by atoms with van der Waals surface area (Å²) in [7, 11) is 0. The van der Waals surface area contributed by atoms with E-state index in [9.17, 15) is 9.90 Å². The average molecular weight is 365 g/mol. The van der Waals surface area contributed by atoms with Gasteiger partial charge in [-0.2, -0.15) is 0 Å². The lowest BCUT2D eigenvalue weighted by atomic mass is 10.0. The van der Waals surface area contributed by atoms with Crippen molar-refractivity contribution in [3.8, 4) is 5.75 Å². The van der Waals surface area contributed by atoms with Crippen LogP contribution in [-0.4, -0.2) is 46.5 Å². The molecule has 0 aliphatic carbocycles. The van der Waals surface area contributed by atoms with Crippen molar-refractivity contribution in [1.29, 1.82) is 0 Å². The van der Waals surface area contributed by atoms with Crippen molar-refractivity contribution < 1.29 is 9.90 Å².